The van der Waals surface area contributed by atoms with Crippen LogP contribution in [0.15, 0.2) is 52.9 Å². The molecule has 1 aliphatic rings. The number of aromatic nitrogens is 1. The highest BCUT2D eigenvalue weighted by Crippen LogP contribution is 2.19. The van der Waals surface area contributed by atoms with E-state index >= 15 is 0 Å². The van der Waals surface area contributed by atoms with Crippen LogP contribution < -0.4 is 0 Å². The molecule has 0 atom stereocenters. The number of sulfonamides is 1. The summed E-state index contributed by atoms with van der Waals surface area (Å²) in [4.78, 5) is 6.72. The van der Waals surface area contributed by atoms with Crippen molar-refractivity contribution < 1.29 is 12.8 Å². The molecule has 0 spiro atoms. The summed E-state index contributed by atoms with van der Waals surface area (Å²) in [5, 5.41) is 0. The van der Waals surface area contributed by atoms with Crippen LogP contribution in [0, 0.1) is 6.92 Å². The van der Waals surface area contributed by atoms with Gasteiger partial charge < -0.3 is 4.42 Å². The molecule has 0 unspecified atom stereocenters. The number of hydrogen-bond donors (Lipinski definition) is 0. The summed E-state index contributed by atoms with van der Waals surface area (Å²) in [5.41, 5.74) is 3.62. The lowest BCUT2D eigenvalue weighted by Gasteiger charge is -2.33. The summed E-state index contributed by atoms with van der Waals surface area (Å²) in [6.45, 7) is 4.96. The Morgan fingerprint density at radius 3 is 2.52 bits per heavy atom. The molecule has 7 heteroatoms. The van der Waals surface area contributed by atoms with E-state index in [1.165, 1.54) is 0 Å². The maximum Gasteiger partial charge on any atom is 0.218 e. The number of oxazole rings is 1. The van der Waals surface area contributed by atoms with E-state index in [0.717, 1.165) is 22.2 Å². The predicted molar refractivity (Wildman–Crippen MR) is 105 cm³/mol. The van der Waals surface area contributed by atoms with Crippen LogP contribution in [0.2, 0.25) is 0 Å². The second-order valence-electron chi connectivity index (χ2n) is 7.00. The predicted octanol–water partition coefficient (Wildman–Crippen LogP) is 2.78. The number of piperazine rings is 1. The van der Waals surface area contributed by atoms with Crippen LogP contribution in [-0.2, 0) is 22.3 Å². The van der Waals surface area contributed by atoms with Crippen molar-refractivity contribution in [2.75, 3.05) is 26.2 Å². The molecule has 4 rings (SSSR count). The van der Waals surface area contributed by atoms with Gasteiger partial charge in [-0.2, -0.15) is 4.31 Å². The van der Waals surface area contributed by atoms with Crippen LogP contribution in [0.3, 0.4) is 0 Å². The molecule has 2 heterocycles. The van der Waals surface area contributed by atoms with Crippen LogP contribution in [0.5, 0.6) is 0 Å². The number of fused-ring (bicyclic) bond motifs is 1. The minimum atomic E-state index is -3.29. The average molecular weight is 385 g/mol. The van der Waals surface area contributed by atoms with Crippen LogP contribution in [-0.4, -0.2) is 48.8 Å². The van der Waals surface area contributed by atoms with Crippen molar-refractivity contribution in [1.82, 2.24) is 14.2 Å². The number of hydrogen-bond acceptors (Lipinski definition) is 5. The zero-order valence-corrected chi connectivity index (χ0v) is 16.2. The molecule has 1 aromatic heterocycles. The topological polar surface area (TPSA) is 66.7 Å². The second kappa shape index (κ2) is 7.42. The van der Waals surface area contributed by atoms with E-state index in [-0.39, 0.29) is 5.75 Å². The Kier molecular flexibility index (Phi) is 4.99. The van der Waals surface area contributed by atoms with Gasteiger partial charge in [0, 0.05) is 26.2 Å². The van der Waals surface area contributed by atoms with E-state index in [2.05, 4.69) is 9.88 Å². The molecule has 6 nitrogen and oxygen atoms in total. The highest BCUT2D eigenvalue weighted by atomic mass is 32.2. The molecule has 0 N–H and O–H groups in total. The standard InChI is InChI=1S/C20H23N3O3S/c1-16-7-8-18-19(13-16)26-20(21-18)14-22-9-11-23(12-10-22)27(24,25)15-17-5-3-2-4-6-17/h2-8,13H,9-12,14-15H2,1H3. The Morgan fingerprint density at radius 1 is 1.04 bits per heavy atom. The van der Waals surface area contributed by atoms with Crippen molar-refractivity contribution >= 4 is 21.1 Å². The fourth-order valence-electron chi connectivity index (χ4n) is 3.38. The summed E-state index contributed by atoms with van der Waals surface area (Å²) in [7, 11) is -3.29. The Hall–Kier alpha value is -2.22. The molecule has 27 heavy (non-hydrogen) atoms. The average Bonchev–Trinajstić information content (AvgIpc) is 3.04. The molecule has 0 radical (unpaired) electrons. The first kappa shape index (κ1) is 18.2. The lowest BCUT2D eigenvalue weighted by atomic mass is 10.2. The van der Waals surface area contributed by atoms with Gasteiger partial charge in [-0.05, 0) is 30.2 Å². The molecule has 2 aromatic carbocycles. The number of benzene rings is 2. The molecule has 1 aliphatic heterocycles. The normalized spacial score (nSPS) is 16.8. The first-order valence-corrected chi connectivity index (χ1v) is 10.7. The first-order chi connectivity index (χ1) is 13.0. The van der Waals surface area contributed by atoms with Crippen molar-refractivity contribution in [3.63, 3.8) is 0 Å². The quantitative estimate of drug-likeness (QED) is 0.676. The molecule has 0 amide bonds. The first-order valence-electron chi connectivity index (χ1n) is 9.10. The van der Waals surface area contributed by atoms with Gasteiger partial charge in [0.1, 0.15) is 5.52 Å². The van der Waals surface area contributed by atoms with E-state index in [4.69, 9.17) is 4.42 Å². The molecule has 1 saturated heterocycles. The highest BCUT2D eigenvalue weighted by Gasteiger charge is 2.27. The van der Waals surface area contributed by atoms with Crippen molar-refractivity contribution in [3.05, 3.63) is 65.5 Å². The zero-order valence-electron chi connectivity index (χ0n) is 15.3. The second-order valence-corrected chi connectivity index (χ2v) is 8.96. The third-order valence-corrected chi connectivity index (χ3v) is 6.71. The molecule has 142 valence electrons. The molecular weight excluding hydrogens is 362 g/mol. The molecule has 0 bridgehead atoms. The van der Waals surface area contributed by atoms with Crippen molar-refractivity contribution in [1.29, 1.82) is 0 Å². The summed E-state index contributed by atoms with van der Waals surface area (Å²) >= 11 is 0. The van der Waals surface area contributed by atoms with Gasteiger partial charge >= 0.3 is 0 Å². The lowest BCUT2D eigenvalue weighted by molar-refractivity contribution is 0.169. The van der Waals surface area contributed by atoms with E-state index in [1.54, 1.807) is 4.31 Å². The summed E-state index contributed by atoms with van der Waals surface area (Å²) in [5.74, 6) is 0.731. The highest BCUT2D eigenvalue weighted by molar-refractivity contribution is 7.88. The van der Waals surface area contributed by atoms with E-state index < -0.39 is 10.0 Å². The Balaban J connectivity index is 1.36. The van der Waals surface area contributed by atoms with Crippen LogP contribution in [0.25, 0.3) is 11.1 Å². The zero-order chi connectivity index (χ0) is 18.9. The van der Waals surface area contributed by atoms with Crippen LogP contribution in [0.1, 0.15) is 17.0 Å². The minimum Gasteiger partial charge on any atom is -0.439 e. The van der Waals surface area contributed by atoms with Gasteiger partial charge in [0.05, 0.1) is 12.3 Å². The van der Waals surface area contributed by atoms with E-state index in [0.29, 0.717) is 38.6 Å². The van der Waals surface area contributed by atoms with Crippen LogP contribution in [0.4, 0.5) is 0 Å². The van der Waals surface area contributed by atoms with Gasteiger partial charge in [0.25, 0.3) is 0 Å². The van der Waals surface area contributed by atoms with Crippen molar-refractivity contribution in [3.8, 4) is 0 Å². The SMILES string of the molecule is Cc1ccc2nc(CN3CCN(S(=O)(=O)Cc4ccccc4)CC3)oc2c1. The van der Waals surface area contributed by atoms with Gasteiger partial charge in [0.15, 0.2) is 5.58 Å². The maximum atomic E-state index is 12.6. The van der Waals surface area contributed by atoms with Gasteiger partial charge in [0.2, 0.25) is 15.9 Å². The summed E-state index contributed by atoms with van der Waals surface area (Å²) < 4.78 is 32.7. The molecule has 3 aromatic rings. The van der Waals surface area contributed by atoms with Gasteiger partial charge in [-0.1, -0.05) is 36.4 Å². The third kappa shape index (κ3) is 4.21. The Labute approximate surface area is 159 Å². The number of nitrogens with zero attached hydrogens (tertiary/aromatic N) is 3. The molecular formula is C20H23N3O3S. The molecule has 0 aliphatic carbocycles. The largest absolute Gasteiger partial charge is 0.439 e. The van der Waals surface area contributed by atoms with Gasteiger partial charge in [-0.3, -0.25) is 4.90 Å². The summed E-state index contributed by atoms with van der Waals surface area (Å²) in [6.07, 6.45) is 0. The third-order valence-electron chi connectivity index (χ3n) is 4.86. The van der Waals surface area contributed by atoms with Crippen molar-refractivity contribution in [2.45, 2.75) is 19.2 Å². The Bertz CT molecular complexity index is 1020. The number of rotatable bonds is 5. The molecule has 0 saturated carbocycles. The monoisotopic (exact) mass is 385 g/mol. The number of aryl methyl sites for hydroxylation is 1. The smallest absolute Gasteiger partial charge is 0.218 e. The Morgan fingerprint density at radius 2 is 1.78 bits per heavy atom. The van der Waals surface area contributed by atoms with Gasteiger partial charge in [-0.25, -0.2) is 13.4 Å². The molecule has 1 fully saturated rings. The van der Waals surface area contributed by atoms with Crippen molar-refractivity contribution in [2.24, 2.45) is 0 Å². The summed E-state index contributed by atoms with van der Waals surface area (Å²) in [6, 6.07) is 15.3. The van der Waals surface area contributed by atoms with Gasteiger partial charge in [-0.15, -0.1) is 0 Å². The maximum absolute atomic E-state index is 12.6. The minimum absolute atomic E-state index is 0.0539. The fourth-order valence-corrected chi connectivity index (χ4v) is 4.90. The fraction of sp³-hybridized carbons (Fsp3) is 0.350. The van der Waals surface area contributed by atoms with Crippen LogP contribution >= 0.6 is 0 Å². The van der Waals surface area contributed by atoms with E-state index in [1.807, 2.05) is 55.5 Å². The van der Waals surface area contributed by atoms with E-state index in [9.17, 15) is 8.42 Å². The lowest BCUT2D eigenvalue weighted by Crippen LogP contribution is -2.48.